The molecule has 3 heterocycles. The molecule has 4 rings (SSSR count). The summed E-state index contributed by atoms with van der Waals surface area (Å²) in [6.45, 7) is 0.869. The van der Waals surface area contributed by atoms with Gasteiger partial charge in [0.1, 0.15) is 17.3 Å². The third-order valence-corrected chi connectivity index (χ3v) is 5.28. The van der Waals surface area contributed by atoms with E-state index in [0.29, 0.717) is 53.5 Å². The first-order valence-corrected chi connectivity index (χ1v) is 9.87. The first kappa shape index (κ1) is 21.7. The van der Waals surface area contributed by atoms with Crippen LogP contribution in [0, 0.1) is 5.92 Å². The van der Waals surface area contributed by atoms with Gasteiger partial charge in [0.05, 0.1) is 25.8 Å². The minimum Gasteiger partial charge on any atom is -0.497 e. The minimum absolute atomic E-state index is 0.00232. The molecule has 2 aromatic heterocycles. The first-order chi connectivity index (χ1) is 15.3. The van der Waals surface area contributed by atoms with E-state index in [9.17, 15) is 18.0 Å². The largest absolute Gasteiger partial charge is 0.497 e. The van der Waals surface area contributed by atoms with E-state index < -0.39 is 12.0 Å². The van der Waals surface area contributed by atoms with Crippen molar-refractivity contribution >= 4 is 23.1 Å². The summed E-state index contributed by atoms with van der Waals surface area (Å²) in [5.41, 5.74) is 0.477. The van der Waals surface area contributed by atoms with Crippen LogP contribution in [-0.2, 0) is 11.0 Å². The van der Waals surface area contributed by atoms with E-state index in [0.717, 1.165) is 0 Å². The first-order valence-electron chi connectivity index (χ1n) is 9.87. The lowest BCUT2D eigenvalue weighted by molar-refractivity contribution is -0.146. The van der Waals surface area contributed by atoms with Crippen molar-refractivity contribution < 1.29 is 27.4 Å². The molecule has 1 amide bonds. The number of amides is 1. The zero-order chi connectivity index (χ0) is 22.9. The van der Waals surface area contributed by atoms with Crippen molar-refractivity contribution in [3.05, 3.63) is 36.2 Å². The lowest BCUT2D eigenvalue weighted by Crippen LogP contribution is -2.41. The van der Waals surface area contributed by atoms with Crippen LogP contribution in [0.4, 0.5) is 24.7 Å². The summed E-state index contributed by atoms with van der Waals surface area (Å²) >= 11 is 0. The number of nitrogens with zero attached hydrogens (tertiary/aromatic N) is 5. The molecule has 0 spiro atoms. The number of halogens is 3. The van der Waals surface area contributed by atoms with Gasteiger partial charge in [0.2, 0.25) is 5.91 Å². The molecule has 1 saturated heterocycles. The molecule has 0 unspecified atom stereocenters. The number of anilines is 2. The van der Waals surface area contributed by atoms with E-state index in [1.54, 1.807) is 29.2 Å². The highest BCUT2D eigenvalue weighted by atomic mass is 19.4. The van der Waals surface area contributed by atoms with Gasteiger partial charge in [-0.3, -0.25) is 4.79 Å². The molecular formula is C20H21F3N6O3. The fourth-order valence-corrected chi connectivity index (χ4v) is 3.67. The molecule has 1 aliphatic rings. The van der Waals surface area contributed by atoms with Crippen LogP contribution in [0.25, 0.3) is 5.65 Å². The van der Waals surface area contributed by atoms with Gasteiger partial charge >= 0.3 is 6.18 Å². The number of rotatable bonds is 5. The second-order valence-electron chi connectivity index (χ2n) is 7.32. The van der Waals surface area contributed by atoms with E-state index in [4.69, 9.17) is 9.47 Å². The monoisotopic (exact) mass is 450 g/mol. The molecule has 0 bridgehead atoms. The summed E-state index contributed by atoms with van der Waals surface area (Å²) in [7, 11) is 3.03. The third kappa shape index (κ3) is 4.25. The molecule has 0 aliphatic carbocycles. The van der Waals surface area contributed by atoms with Crippen molar-refractivity contribution in [3.63, 3.8) is 0 Å². The number of aromatic nitrogens is 4. The number of ether oxygens (including phenoxy) is 2. The molecule has 9 nitrogen and oxygen atoms in total. The van der Waals surface area contributed by atoms with Gasteiger partial charge < -0.3 is 19.7 Å². The third-order valence-electron chi connectivity index (χ3n) is 5.28. The van der Waals surface area contributed by atoms with Gasteiger partial charge in [0, 0.05) is 19.2 Å². The number of benzene rings is 1. The van der Waals surface area contributed by atoms with E-state index in [2.05, 4.69) is 20.6 Å². The summed E-state index contributed by atoms with van der Waals surface area (Å²) in [5.74, 6) is -0.419. The van der Waals surface area contributed by atoms with Gasteiger partial charge in [-0.15, -0.1) is 15.3 Å². The molecule has 1 aliphatic heterocycles. The molecule has 0 radical (unpaired) electrons. The second kappa shape index (κ2) is 8.52. The van der Waals surface area contributed by atoms with Crippen molar-refractivity contribution in [1.29, 1.82) is 0 Å². The number of alkyl halides is 3. The van der Waals surface area contributed by atoms with Crippen molar-refractivity contribution in [3.8, 4) is 11.5 Å². The number of nitrogens with one attached hydrogen (secondary N) is 1. The number of hydrogen-bond donors (Lipinski definition) is 1. The average molecular weight is 450 g/mol. The van der Waals surface area contributed by atoms with E-state index in [1.807, 2.05) is 0 Å². The van der Waals surface area contributed by atoms with E-state index >= 15 is 0 Å². The van der Waals surface area contributed by atoms with Crippen molar-refractivity contribution in [1.82, 2.24) is 19.8 Å². The molecule has 12 heteroatoms. The summed E-state index contributed by atoms with van der Waals surface area (Å²) in [4.78, 5) is 14.7. The van der Waals surface area contributed by atoms with Crippen LogP contribution in [0.5, 0.6) is 11.5 Å². The fourth-order valence-electron chi connectivity index (χ4n) is 3.67. The smallest absolute Gasteiger partial charge is 0.453 e. The SMILES string of the molecule is COc1ccc(OC)c(NC(=O)[C@H]2CCCN(c3ccc4nnc(C(F)(F)F)n4n3)C2)c1. The highest BCUT2D eigenvalue weighted by molar-refractivity contribution is 5.94. The molecule has 1 fully saturated rings. The maximum atomic E-state index is 13.2. The molecule has 0 saturated carbocycles. The van der Waals surface area contributed by atoms with Gasteiger partial charge in [-0.25, -0.2) is 0 Å². The number of piperidine rings is 1. The maximum absolute atomic E-state index is 13.2. The Labute approximate surface area is 181 Å². The van der Waals surface area contributed by atoms with Crippen LogP contribution in [0.2, 0.25) is 0 Å². The Morgan fingerprint density at radius 1 is 1.16 bits per heavy atom. The van der Waals surface area contributed by atoms with Crippen molar-refractivity contribution in [2.24, 2.45) is 5.92 Å². The van der Waals surface area contributed by atoms with Crippen LogP contribution in [0.3, 0.4) is 0 Å². The van der Waals surface area contributed by atoms with Gasteiger partial charge in [0.15, 0.2) is 5.65 Å². The van der Waals surface area contributed by atoms with Gasteiger partial charge in [-0.1, -0.05) is 0 Å². The van der Waals surface area contributed by atoms with Crippen LogP contribution < -0.4 is 19.7 Å². The average Bonchev–Trinajstić information content (AvgIpc) is 3.23. The Kier molecular flexibility index (Phi) is 5.76. The second-order valence-corrected chi connectivity index (χ2v) is 7.32. The number of methoxy groups -OCH3 is 2. The Bertz CT molecular complexity index is 1130. The maximum Gasteiger partial charge on any atom is 0.453 e. The predicted molar refractivity (Wildman–Crippen MR) is 109 cm³/mol. The molecular weight excluding hydrogens is 429 g/mol. The molecule has 170 valence electrons. The summed E-state index contributed by atoms with van der Waals surface area (Å²) < 4.78 is 50.7. The normalized spacial score (nSPS) is 16.8. The molecule has 32 heavy (non-hydrogen) atoms. The molecule has 1 aromatic carbocycles. The predicted octanol–water partition coefficient (Wildman–Crippen LogP) is 3.02. The zero-order valence-corrected chi connectivity index (χ0v) is 17.4. The van der Waals surface area contributed by atoms with Crippen LogP contribution in [-0.4, -0.2) is 53.0 Å². The number of hydrogen-bond acceptors (Lipinski definition) is 7. The molecule has 3 aromatic rings. The minimum atomic E-state index is -4.68. The van der Waals surface area contributed by atoms with Crippen LogP contribution in [0.1, 0.15) is 18.7 Å². The topological polar surface area (TPSA) is 93.9 Å². The zero-order valence-electron chi connectivity index (χ0n) is 17.4. The number of carbonyl (C=O) groups excluding carboxylic acids is 1. The Morgan fingerprint density at radius 2 is 1.97 bits per heavy atom. The van der Waals surface area contributed by atoms with Crippen molar-refractivity contribution in [2.75, 3.05) is 37.5 Å². The van der Waals surface area contributed by atoms with Crippen molar-refractivity contribution in [2.45, 2.75) is 19.0 Å². The van der Waals surface area contributed by atoms with Crippen LogP contribution in [0.15, 0.2) is 30.3 Å². The van der Waals surface area contributed by atoms with E-state index in [1.165, 1.54) is 20.3 Å². The number of fused-ring (bicyclic) bond motifs is 1. The molecule has 1 N–H and O–H groups in total. The van der Waals surface area contributed by atoms with Gasteiger partial charge in [0.25, 0.3) is 5.82 Å². The Morgan fingerprint density at radius 3 is 2.69 bits per heavy atom. The standard InChI is InChI=1S/C20H21F3N6O3/c1-31-13-5-6-15(32-2)14(10-13)24-18(30)12-4-3-9-28(11-12)17-8-7-16-25-26-19(20(21,22)23)29(16)27-17/h5-8,10,12H,3-4,9,11H2,1-2H3,(H,24,30)/t12-/m0/s1. The van der Waals surface area contributed by atoms with E-state index in [-0.39, 0.29) is 17.5 Å². The Balaban J connectivity index is 1.53. The van der Waals surface area contributed by atoms with Gasteiger partial charge in [-0.2, -0.15) is 17.7 Å². The highest BCUT2D eigenvalue weighted by Gasteiger charge is 2.38. The highest BCUT2D eigenvalue weighted by Crippen LogP contribution is 2.31. The lowest BCUT2D eigenvalue weighted by Gasteiger charge is -2.32. The van der Waals surface area contributed by atoms with Gasteiger partial charge in [-0.05, 0) is 37.1 Å². The van der Waals surface area contributed by atoms with Crippen LogP contribution >= 0.6 is 0 Å². The Hall–Kier alpha value is -3.57. The number of carbonyl (C=O) groups is 1. The summed E-state index contributed by atoms with van der Waals surface area (Å²) in [6, 6.07) is 8.08. The summed E-state index contributed by atoms with van der Waals surface area (Å²) in [6.07, 6.45) is -3.36. The lowest BCUT2D eigenvalue weighted by atomic mass is 9.97. The summed E-state index contributed by atoms with van der Waals surface area (Å²) in [5, 5.41) is 13.7. The molecule has 1 atom stereocenters. The fraction of sp³-hybridized carbons (Fsp3) is 0.400. The quantitative estimate of drug-likeness (QED) is 0.639.